The van der Waals surface area contributed by atoms with Crippen molar-refractivity contribution in [2.24, 2.45) is 0 Å². The molecule has 0 aromatic heterocycles. The predicted molar refractivity (Wildman–Crippen MR) is 101 cm³/mol. The topological polar surface area (TPSA) is 58.6 Å². The second-order valence-electron chi connectivity index (χ2n) is 4.87. The van der Waals surface area contributed by atoms with Crippen molar-refractivity contribution in [3.63, 3.8) is 0 Å². The summed E-state index contributed by atoms with van der Waals surface area (Å²) in [6.07, 6.45) is 0. The summed E-state index contributed by atoms with van der Waals surface area (Å²) in [6, 6.07) is 9.72. The van der Waals surface area contributed by atoms with Gasteiger partial charge in [-0.3, -0.25) is 0 Å². The maximum absolute atomic E-state index is 10.7. The van der Waals surface area contributed by atoms with Gasteiger partial charge in [-0.1, -0.05) is 31.9 Å². The van der Waals surface area contributed by atoms with Crippen molar-refractivity contribution in [2.75, 3.05) is 11.9 Å². The molecular formula is C16H14Br3NO3. The van der Waals surface area contributed by atoms with Crippen molar-refractivity contribution in [3.05, 3.63) is 54.9 Å². The number of carbonyl (C=O) groups is 1. The molecule has 0 amide bonds. The number of aryl methyl sites for hydroxylation is 1. The van der Waals surface area contributed by atoms with Crippen LogP contribution >= 0.6 is 47.8 Å². The number of benzene rings is 2. The first-order chi connectivity index (χ1) is 10.9. The minimum atomic E-state index is -1.01. The molecule has 23 heavy (non-hydrogen) atoms. The zero-order valence-electron chi connectivity index (χ0n) is 12.2. The van der Waals surface area contributed by atoms with E-state index in [4.69, 9.17) is 9.84 Å². The number of ether oxygens (including phenoxy) is 1. The van der Waals surface area contributed by atoms with Crippen LogP contribution in [0.1, 0.15) is 11.1 Å². The third kappa shape index (κ3) is 5.22. The summed E-state index contributed by atoms with van der Waals surface area (Å²) in [6.45, 7) is 2.14. The molecule has 0 heterocycles. The van der Waals surface area contributed by atoms with Crippen LogP contribution in [0.15, 0.2) is 43.7 Å². The second-order valence-corrected chi connectivity index (χ2v) is 7.56. The molecule has 122 valence electrons. The molecule has 0 spiro atoms. The number of hydrogen-bond donors (Lipinski definition) is 2. The minimum absolute atomic E-state index is 0.384. The quantitative estimate of drug-likeness (QED) is 0.553. The maximum atomic E-state index is 10.7. The number of anilines is 1. The van der Waals surface area contributed by atoms with Gasteiger partial charge in [0.05, 0.1) is 4.47 Å². The lowest BCUT2D eigenvalue weighted by Crippen LogP contribution is -2.12. The van der Waals surface area contributed by atoms with Crippen LogP contribution < -0.4 is 10.1 Å². The zero-order chi connectivity index (χ0) is 17.0. The first kappa shape index (κ1) is 18.3. The van der Waals surface area contributed by atoms with E-state index >= 15 is 0 Å². The van der Waals surface area contributed by atoms with E-state index < -0.39 is 5.97 Å². The number of aliphatic carboxylic acids is 1. The summed E-state index contributed by atoms with van der Waals surface area (Å²) in [7, 11) is 0. The fourth-order valence-corrected chi connectivity index (χ4v) is 3.96. The highest BCUT2D eigenvalue weighted by molar-refractivity contribution is 9.11. The first-order valence-corrected chi connectivity index (χ1v) is 9.07. The van der Waals surface area contributed by atoms with E-state index in [1.807, 2.05) is 37.3 Å². The molecule has 0 bridgehead atoms. The van der Waals surface area contributed by atoms with E-state index in [2.05, 4.69) is 53.1 Å². The fraction of sp³-hybridized carbons (Fsp3) is 0.188. The lowest BCUT2D eigenvalue weighted by molar-refractivity contribution is -0.139. The van der Waals surface area contributed by atoms with Crippen molar-refractivity contribution >= 4 is 59.4 Å². The van der Waals surface area contributed by atoms with Crippen molar-refractivity contribution in [1.29, 1.82) is 0 Å². The van der Waals surface area contributed by atoms with Crippen molar-refractivity contribution < 1.29 is 14.6 Å². The molecule has 4 nitrogen and oxygen atoms in total. The number of rotatable bonds is 6. The highest BCUT2D eigenvalue weighted by Gasteiger charge is 2.12. The summed E-state index contributed by atoms with van der Waals surface area (Å²) in [5.74, 6) is -0.486. The lowest BCUT2D eigenvalue weighted by Gasteiger charge is -2.15. The van der Waals surface area contributed by atoms with E-state index in [9.17, 15) is 4.79 Å². The predicted octanol–water partition coefficient (Wildman–Crippen LogP) is 5.36. The highest BCUT2D eigenvalue weighted by atomic mass is 79.9. The van der Waals surface area contributed by atoms with Gasteiger partial charge in [-0.05, 0) is 58.7 Å². The number of halogens is 3. The standard InChI is InChI=1S/C16H14Br3NO3/c1-9-4-11(17)2-3-14(9)20-7-10-5-12(18)6-13(19)16(10)23-8-15(21)22/h2-6,20H,7-8H2,1H3,(H,21,22). The second kappa shape index (κ2) is 8.17. The average molecular weight is 508 g/mol. The molecule has 0 fully saturated rings. The Kier molecular flexibility index (Phi) is 6.50. The van der Waals surface area contributed by atoms with Crippen LogP contribution in [0.5, 0.6) is 5.75 Å². The van der Waals surface area contributed by atoms with Gasteiger partial charge >= 0.3 is 5.97 Å². The molecule has 2 N–H and O–H groups in total. The summed E-state index contributed by atoms with van der Waals surface area (Å²) < 4.78 is 8.02. The Bertz CT molecular complexity index is 735. The smallest absolute Gasteiger partial charge is 0.341 e. The molecule has 2 aromatic carbocycles. The first-order valence-electron chi connectivity index (χ1n) is 6.69. The minimum Gasteiger partial charge on any atom is -0.480 e. The number of hydrogen-bond acceptors (Lipinski definition) is 3. The summed E-state index contributed by atoms with van der Waals surface area (Å²) in [5, 5.41) is 12.2. The molecule has 0 atom stereocenters. The molecule has 0 unspecified atom stereocenters. The summed E-state index contributed by atoms with van der Waals surface area (Å²) in [5.41, 5.74) is 2.98. The molecular weight excluding hydrogens is 494 g/mol. The monoisotopic (exact) mass is 505 g/mol. The van der Waals surface area contributed by atoms with Gasteiger partial charge in [0.15, 0.2) is 6.61 Å². The van der Waals surface area contributed by atoms with Crippen LogP contribution in [0.3, 0.4) is 0 Å². The van der Waals surface area contributed by atoms with Gasteiger partial charge in [0.2, 0.25) is 0 Å². The normalized spacial score (nSPS) is 10.4. The molecule has 0 aliphatic rings. The third-order valence-electron chi connectivity index (χ3n) is 3.08. The molecule has 2 aromatic rings. The van der Waals surface area contributed by atoms with Crippen molar-refractivity contribution in [3.8, 4) is 5.75 Å². The molecule has 7 heteroatoms. The van der Waals surface area contributed by atoms with Crippen molar-refractivity contribution in [2.45, 2.75) is 13.5 Å². The van der Waals surface area contributed by atoms with Gasteiger partial charge in [-0.15, -0.1) is 0 Å². The van der Waals surface area contributed by atoms with Gasteiger partial charge in [0, 0.05) is 26.7 Å². The van der Waals surface area contributed by atoms with Crippen LogP contribution in [0.2, 0.25) is 0 Å². The van der Waals surface area contributed by atoms with E-state index in [1.165, 1.54) is 0 Å². The maximum Gasteiger partial charge on any atom is 0.341 e. The van der Waals surface area contributed by atoms with Crippen LogP contribution in [0.25, 0.3) is 0 Å². The van der Waals surface area contributed by atoms with E-state index in [1.54, 1.807) is 0 Å². The number of nitrogens with one attached hydrogen (secondary N) is 1. The highest BCUT2D eigenvalue weighted by Crippen LogP contribution is 2.33. The molecule has 2 rings (SSSR count). The van der Waals surface area contributed by atoms with Gasteiger partial charge in [-0.2, -0.15) is 0 Å². The average Bonchev–Trinajstić information content (AvgIpc) is 2.44. The Labute approximate surface area is 159 Å². The number of carboxylic acid groups (broad SMARTS) is 1. The Morgan fingerprint density at radius 2 is 1.91 bits per heavy atom. The molecule has 0 aliphatic heterocycles. The van der Waals surface area contributed by atoms with Gasteiger partial charge in [0.25, 0.3) is 0 Å². The molecule has 0 saturated heterocycles. The van der Waals surface area contributed by atoms with E-state index in [0.717, 1.165) is 25.8 Å². The van der Waals surface area contributed by atoms with Crippen molar-refractivity contribution in [1.82, 2.24) is 0 Å². The Morgan fingerprint density at radius 3 is 2.57 bits per heavy atom. The van der Waals surface area contributed by atoms with Gasteiger partial charge < -0.3 is 15.2 Å². The molecule has 0 radical (unpaired) electrons. The molecule has 0 saturated carbocycles. The Balaban J connectivity index is 2.22. The SMILES string of the molecule is Cc1cc(Br)ccc1NCc1cc(Br)cc(Br)c1OCC(=O)O. The van der Waals surface area contributed by atoms with Gasteiger partial charge in [-0.25, -0.2) is 4.79 Å². The molecule has 0 aliphatic carbocycles. The Morgan fingerprint density at radius 1 is 1.17 bits per heavy atom. The lowest BCUT2D eigenvalue weighted by atomic mass is 10.1. The largest absolute Gasteiger partial charge is 0.480 e. The van der Waals surface area contributed by atoms with E-state index in [-0.39, 0.29) is 6.61 Å². The zero-order valence-corrected chi connectivity index (χ0v) is 17.0. The Hall–Kier alpha value is -1.05. The van der Waals surface area contributed by atoms with Gasteiger partial charge in [0.1, 0.15) is 5.75 Å². The third-order valence-corrected chi connectivity index (χ3v) is 4.62. The van der Waals surface area contributed by atoms with E-state index in [0.29, 0.717) is 16.8 Å². The van der Waals surface area contributed by atoms with Crippen LogP contribution in [0, 0.1) is 6.92 Å². The summed E-state index contributed by atoms with van der Waals surface area (Å²) >= 11 is 10.3. The van der Waals surface area contributed by atoms with Crippen LogP contribution in [0.4, 0.5) is 5.69 Å². The van der Waals surface area contributed by atoms with Crippen LogP contribution in [-0.4, -0.2) is 17.7 Å². The number of carboxylic acids is 1. The fourth-order valence-electron chi connectivity index (χ4n) is 2.06. The van der Waals surface area contributed by atoms with Crippen LogP contribution in [-0.2, 0) is 11.3 Å². The summed E-state index contributed by atoms with van der Waals surface area (Å²) in [4.78, 5) is 10.7.